The van der Waals surface area contributed by atoms with Gasteiger partial charge in [0, 0.05) is 32.6 Å². The van der Waals surface area contributed by atoms with Gasteiger partial charge in [0.05, 0.1) is 18.1 Å². The molecule has 0 aliphatic carbocycles. The van der Waals surface area contributed by atoms with Crippen molar-refractivity contribution in [3.63, 3.8) is 0 Å². The highest BCUT2D eigenvalue weighted by molar-refractivity contribution is 7.89. The molecule has 0 saturated carbocycles. The van der Waals surface area contributed by atoms with Gasteiger partial charge in [0.15, 0.2) is 0 Å². The Labute approximate surface area is 143 Å². The number of morpholine rings is 1. The van der Waals surface area contributed by atoms with Gasteiger partial charge < -0.3 is 10.1 Å². The summed E-state index contributed by atoms with van der Waals surface area (Å²) < 4.78 is 31.7. The van der Waals surface area contributed by atoms with Crippen molar-refractivity contribution in [1.29, 1.82) is 0 Å². The van der Waals surface area contributed by atoms with E-state index in [2.05, 4.69) is 14.9 Å². The first kappa shape index (κ1) is 18.9. The number of ether oxygens (including phenoxy) is 1. The standard InChI is InChI=1S/C16H25N3O4S/c20-16(17-8-4-10-19-11-13-23-14-12-19)7-9-18-24(21,22)15-5-2-1-3-6-15/h1-3,5-6,18H,4,7-14H2,(H,17,20). The van der Waals surface area contributed by atoms with Crippen LogP contribution >= 0.6 is 0 Å². The van der Waals surface area contributed by atoms with Crippen molar-refractivity contribution >= 4 is 15.9 Å². The minimum atomic E-state index is -3.54. The predicted octanol–water partition coefficient (Wildman–Crippen LogP) is 0.194. The molecular weight excluding hydrogens is 330 g/mol. The fourth-order valence-corrected chi connectivity index (χ4v) is 3.48. The van der Waals surface area contributed by atoms with E-state index in [9.17, 15) is 13.2 Å². The van der Waals surface area contributed by atoms with E-state index >= 15 is 0 Å². The van der Waals surface area contributed by atoms with Crippen LogP contribution in [0.2, 0.25) is 0 Å². The molecule has 1 aromatic carbocycles. The second-order valence-corrected chi connectivity index (χ2v) is 7.39. The highest BCUT2D eigenvalue weighted by atomic mass is 32.2. The number of carbonyl (C=O) groups excluding carboxylic acids is 1. The molecule has 1 aromatic rings. The highest BCUT2D eigenvalue weighted by Gasteiger charge is 2.13. The van der Waals surface area contributed by atoms with Crippen LogP contribution in [0, 0.1) is 0 Å². The maximum atomic E-state index is 12.0. The molecule has 1 fully saturated rings. The molecule has 0 atom stereocenters. The van der Waals surface area contributed by atoms with Crippen LogP contribution in [0.15, 0.2) is 35.2 Å². The zero-order chi connectivity index (χ0) is 17.3. The van der Waals surface area contributed by atoms with Crippen molar-refractivity contribution in [3.8, 4) is 0 Å². The number of rotatable bonds is 9. The monoisotopic (exact) mass is 355 g/mol. The summed E-state index contributed by atoms with van der Waals surface area (Å²) in [6.07, 6.45) is 1.01. The van der Waals surface area contributed by atoms with Crippen LogP contribution in [-0.4, -0.2) is 65.2 Å². The van der Waals surface area contributed by atoms with E-state index in [1.165, 1.54) is 12.1 Å². The third kappa shape index (κ3) is 6.56. The molecule has 2 N–H and O–H groups in total. The molecule has 0 bridgehead atoms. The van der Waals surface area contributed by atoms with Gasteiger partial charge in [-0.25, -0.2) is 13.1 Å². The van der Waals surface area contributed by atoms with Gasteiger partial charge in [0.1, 0.15) is 0 Å². The lowest BCUT2D eigenvalue weighted by Crippen LogP contribution is -2.38. The Kier molecular flexibility index (Phi) is 7.64. The molecule has 0 spiro atoms. The average Bonchev–Trinajstić information content (AvgIpc) is 2.60. The molecule has 8 heteroatoms. The van der Waals surface area contributed by atoms with E-state index in [0.717, 1.165) is 39.3 Å². The minimum absolute atomic E-state index is 0.0898. The molecule has 24 heavy (non-hydrogen) atoms. The summed E-state index contributed by atoms with van der Waals surface area (Å²) in [7, 11) is -3.54. The average molecular weight is 355 g/mol. The highest BCUT2D eigenvalue weighted by Crippen LogP contribution is 2.06. The van der Waals surface area contributed by atoms with E-state index < -0.39 is 10.0 Å². The SMILES string of the molecule is O=C(CCNS(=O)(=O)c1ccccc1)NCCCN1CCOCC1. The Hall–Kier alpha value is -1.48. The molecule has 7 nitrogen and oxygen atoms in total. The maximum Gasteiger partial charge on any atom is 0.240 e. The first-order valence-corrected chi connectivity index (χ1v) is 9.68. The molecule has 1 aliphatic rings. The number of hydrogen-bond donors (Lipinski definition) is 2. The number of nitrogens with one attached hydrogen (secondary N) is 2. The van der Waals surface area contributed by atoms with Crippen molar-refractivity contribution in [2.75, 3.05) is 45.9 Å². The van der Waals surface area contributed by atoms with Gasteiger partial charge in [-0.1, -0.05) is 18.2 Å². The molecule has 1 aliphatic heterocycles. The van der Waals surface area contributed by atoms with Crippen LogP contribution in [0.25, 0.3) is 0 Å². The predicted molar refractivity (Wildman–Crippen MR) is 91.1 cm³/mol. The third-order valence-electron chi connectivity index (χ3n) is 3.77. The summed E-state index contributed by atoms with van der Waals surface area (Å²) in [5, 5.41) is 2.82. The van der Waals surface area contributed by atoms with E-state index in [0.29, 0.717) is 6.54 Å². The smallest absolute Gasteiger partial charge is 0.240 e. The van der Waals surface area contributed by atoms with Gasteiger partial charge >= 0.3 is 0 Å². The fourth-order valence-electron chi connectivity index (χ4n) is 2.43. The maximum absolute atomic E-state index is 12.0. The van der Waals surface area contributed by atoms with Gasteiger partial charge in [-0.3, -0.25) is 9.69 Å². The van der Waals surface area contributed by atoms with E-state index in [1.54, 1.807) is 18.2 Å². The molecule has 134 valence electrons. The first-order chi connectivity index (χ1) is 11.6. The van der Waals surface area contributed by atoms with Crippen LogP contribution in [-0.2, 0) is 19.6 Å². The van der Waals surface area contributed by atoms with Crippen LogP contribution in [0.5, 0.6) is 0 Å². The van der Waals surface area contributed by atoms with Gasteiger partial charge in [-0.15, -0.1) is 0 Å². The molecule has 1 heterocycles. The number of amides is 1. The lowest BCUT2D eigenvalue weighted by molar-refractivity contribution is -0.120. The second-order valence-electron chi connectivity index (χ2n) is 5.62. The van der Waals surface area contributed by atoms with Crippen LogP contribution in [0.3, 0.4) is 0 Å². The summed E-state index contributed by atoms with van der Waals surface area (Å²) in [6, 6.07) is 8.12. The van der Waals surface area contributed by atoms with E-state index in [-0.39, 0.29) is 23.8 Å². The Morgan fingerprint density at radius 1 is 1.12 bits per heavy atom. The summed E-state index contributed by atoms with van der Waals surface area (Å²) in [5.74, 6) is -0.146. The van der Waals surface area contributed by atoms with Crippen molar-refractivity contribution in [1.82, 2.24) is 14.9 Å². The molecule has 1 amide bonds. The number of sulfonamides is 1. The van der Waals surface area contributed by atoms with E-state index in [1.807, 2.05) is 0 Å². The number of nitrogens with zero attached hydrogens (tertiary/aromatic N) is 1. The molecule has 2 rings (SSSR count). The third-order valence-corrected chi connectivity index (χ3v) is 5.25. The van der Waals surface area contributed by atoms with Crippen molar-refractivity contribution < 1.29 is 17.9 Å². The van der Waals surface area contributed by atoms with Crippen molar-refractivity contribution in [3.05, 3.63) is 30.3 Å². The van der Waals surface area contributed by atoms with Crippen molar-refractivity contribution in [2.24, 2.45) is 0 Å². The molecule has 1 saturated heterocycles. The zero-order valence-corrected chi connectivity index (χ0v) is 14.6. The Balaban J connectivity index is 1.58. The summed E-state index contributed by atoms with van der Waals surface area (Å²) in [4.78, 5) is 14.3. The second kappa shape index (κ2) is 9.73. The quantitative estimate of drug-likeness (QED) is 0.618. The molecular formula is C16H25N3O4S. The Morgan fingerprint density at radius 3 is 2.54 bits per heavy atom. The number of benzene rings is 1. The summed E-state index contributed by atoms with van der Waals surface area (Å²) in [5.41, 5.74) is 0. The summed E-state index contributed by atoms with van der Waals surface area (Å²) >= 11 is 0. The number of carbonyl (C=O) groups is 1. The minimum Gasteiger partial charge on any atom is -0.379 e. The largest absolute Gasteiger partial charge is 0.379 e. The Morgan fingerprint density at radius 2 is 1.83 bits per heavy atom. The first-order valence-electron chi connectivity index (χ1n) is 8.19. The summed E-state index contributed by atoms with van der Waals surface area (Å²) in [6.45, 7) is 5.05. The molecule has 0 aromatic heterocycles. The zero-order valence-electron chi connectivity index (χ0n) is 13.7. The van der Waals surface area contributed by atoms with Gasteiger partial charge in [-0.2, -0.15) is 0 Å². The lowest BCUT2D eigenvalue weighted by atomic mass is 10.3. The molecule has 0 unspecified atom stereocenters. The molecule has 0 radical (unpaired) electrons. The normalized spacial score (nSPS) is 16.0. The van der Waals surface area contributed by atoms with Gasteiger partial charge in [-0.05, 0) is 25.1 Å². The van der Waals surface area contributed by atoms with Gasteiger partial charge in [0.25, 0.3) is 0 Å². The number of hydrogen-bond acceptors (Lipinski definition) is 5. The van der Waals surface area contributed by atoms with Gasteiger partial charge in [0.2, 0.25) is 15.9 Å². The fraction of sp³-hybridized carbons (Fsp3) is 0.562. The topological polar surface area (TPSA) is 87.7 Å². The van der Waals surface area contributed by atoms with Crippen LogP contribution in [0.4, 0.5) is 0 Å². The van der Waals surface area contributed by atoms with Crippen LogP contribution in [0.1, 0.15) is 12.8 Å². The van der Waals surface area contributed by atoms with E-state index in [4.69, 9.17) is 4.74 Å². The van der Waals surface area contributed by atoms with Crippen molar-refractivity contribution in [2.45, 2.75) is 17.7 Å². The lowest BCUT2D eigenvalue weighted by Gasteiger charge is -2.26. The Bertz CT molecular complexity index is 601. The van der Waals surface area contributed by atoms with Crippen LogP contribution < -0.4 is 10.0 Å².